The Morgan fingerprint density at radius 1 is 1.35 bits per heavy atom. The SMILES string of the molecule is Cc1nnc(N2CCC[C@H](C)C2)c(C#N)c1C. The number of aryl methyl sites for hydroxylation is 1. The maximum atomic E-state index is 9.28. The summed E-state index contributed by atoms with van der Waals surface area (Å²) in [4.78, 5) is 2.20. The number of rotatable bonds is 1. The third-order valence-electron chi connectivity index (χ3n) is 3.50. The number of nitriles is 1. The molecule has 0 spiro atoms. The highest BCUT2D eigenvalue weighted by Gasteiger charge is 2.22. The Kier molecular flexibility index (Phi) is 3.28. The van der Waals surface area contributed by atoms with Crippen molar-refractivity contribution < 1.29 is 0 Å². The van der Waals surface area contributed by atoms with E-state index < -0.39 is 0 Å². The van der Waals surface area contributed by atoms with Crippen LogP contribution in [0, 0.1) is 31.1 Å². The van der Waals surface area contributed by atoms with E-state index in [4.69, 9.17) is 0 Å². The molecule has 1 aromatic rings. The summed E-state index contributed by atoms with van der Waals surface area (Å²) in [6, 6.07) is 2.27. The first-order valence-electron chi connectivity index (χ1n) is 6.12. The number of nitrogens with zero attached hydrogens (tertiary/aromatic N) is 4. The fourth-order valence-electron chi connectivity index (χ4n) is 2.33. The van der Waals surface area contributed by atoms with E-state index in [1.165, 1.54) is 12.8 Å². The number of anilines is 1. The van der Waals surface area contributed by atoms with Crippen molar-refractivity contribution >= 4 is 5.82 Å². The molecule has 1 atom stereocenters. The largest absolute Gasteiger partial charge is 0.354 e. The lowest BCUT2D eigenvalue weighted by molar-refractivity contribution is 0.443. The number of hydrogen-bond acceptors (Lipinski definition) is 4. The Bertz CT molecular complexity index is 461. The molecule has 1 fully saturated rings. The van der Waals surface area contributed by atoms with Gasteiger partial charge in [0.05, 0.1) is 5.69 Å². The van der Waals surface area contributed by atoms with Gasteiger partial charge in [-0.1, -0.05) is 6.92 Å². The van der Waals surface area contributed by atoms with E-state index in [1.54, 1.807) is 0 Å². The van der Waals surface area contributed by atoms with Gasteiger partial charge in [0, 0.05) is 13.1 Å². The topological polar surface area (TPSA) is 52.8 Å². The molecule has 4 nitrogen and oxygen atoms in total. The normalized spacial score (nSPS) is 20.1. The summed E-state index contributed by atoms with van der Waals surface area (Å²) in [5, 5.41) is 17.6. The van der Waals surface area contributed by atoms with Crippen LogP contribution in [0.5, 0.6) is 0 Å². The van der Waals surface area contributed by atoms with Crippen LogP contribution in [0.2, 0.25) is 0 Å². The third kappa shape index (κ3) is 2.23. The van der Waals surface area contributed by atoms with Gasteiger partial charge in [0.2, 0.25) is 0 Å². The van der Waals surface area contributed by atoms with E-state index in [2.05, 4.69) is 28.1 Å². The summed E-state index contributed by atoms with van der Waals surface area (Å²) in [5.41, 5.74) is 2.48. The Hall–Kier alpha value is -1.63. The van der Waals surface area contributed by atoms with Gasteiger partial charge in [-0.3, -0.25) is 0 Å². The molecule has 0 saturated carbocycles. The van der Waals surface area contributed by atoms with Crippen molar-refractivity contribution in [3.05, 3.63) is 16.8 Å². The van der Waals surface area contributed by atoms with Gasteiger partial charge in [0.15, 0.2) is 5.82 Å². The highest BCUT2D eigenvalue weighted by Crippen LogP contribution is 2.25. The molecule has 2 rings (SSSR count). The van der Waals surface area contributed by atoms with Crippen LogP contribution in [0.25, 0.3) is 0 Å². The molecule has 0 aromatic carbocycles. The fraction of sp³-hybridized carbons (Fsp3) is 0.615. The van der Waals surface area contributed by atoms with Crippen molar-refractivity contribution in [2.75, 3.05) is 18.0 Å². The minimum Gasteiger partial charge on any atom is -0.354 e. The first-order valence-corrected chi connectivity index (χ1v) is 6.12. The average molecular weight is 230 g/mol. The minimum atomic E-state index is 0.665. The monoisotopic (exact) mass is 230 g/mol. The molecule has 1 saturated heterocycles. The lowest BCUT2D eigenvalue weighted by atomic mass is 9.99. The molecule has 90 valence electrons. The van der Waals surface area contributed by atoms with Crippen LogP contribution in [0.1, 0.15) is 36.6 Å². The van der Waals surface area contributed by atoms with Crippen molar-refractivity contribution in [2.45, 2.75) is 33.6 Å². The Morgan fingerprint density at radius 2 is 2.12 bits per heavy atom. The zero-order valence-electron chi connectivity index (χ0n) is 10.7. The molecule has 17 heavy (non-hydrogen) atoms. The van der Waals surface area contributed by atoms with E-state index in [0.717, 1.165) is 30.2 Å². The van der Waals surface area contributed by atoms with Crippen molar-refractivity contribution in [1.82, 2.24) is 10.2 Å². The molecule has 1 aliphatic heterocycles. The summed E-state index contributed by atoms with van der Waals surface area (Å²) >= 11 is 0. The first kappa shape index (κ1) is 11.8. The van der Waals surface area contributed by atoms with Crippen LogP contribution in [-0.2, 0) is 0 Å². The number of aromatic nitrogens is 2. The minimum absolute atomic E-state index is 0.665. The summed E-state index contributed by atoms with van der Waals surface area (Å²) in [5.74, 6) is 1.43. The number of hydrogen-bond donors (Lipinski definition) is 0. The van der Waals surface area contributed by atoms with E-state index in [-0.39, 0.29) is 0 Å². The lowest BCUT2D eigenvalue weighted by Gasteiger charge is -2.32. The van der Waals surface area contributed by atoms with Gasteiger partial charge >= 0.3 is 0 Å². The zero-order chi connectivity index (χ0) is 12.4. The molecule has 0 unspecified atom stereocenters. The summed E-state index contributed by atoms with van der Waals surface area (Å²) < 4.78 is 0. The van der Waals surface area contributed by atoms with Gasteiger partial charge in [-0.2, -0.15) is 10.4 Å². The predicted molar refractivity (Wildman–Crippen MR) is 66.8 cm³/mol. The Morgan fingerprint density at radius 3 is 2.76 bits per heavy atom. The van der Waals surface area contributed by atoms with Gasteiger partial charge < -0.3 is 4.90 Å². The number of piperidine rings is 1. The van der Waals surface area contributed by atoms with Gasteiger partial charge in [-0.25, -0.2) is 0 Å². The summed E-state index contributed by atoms with van der Waals surface area (Å²) in [7, 11) is 0. The molecule has 0 aliphatic carbocycles. The highest BCUT2D eigenvalue weighted by molar-refractivity contribution is 5.57. The molecule has 0 amide bonds. The molecular weight excluding hydrogens is 212 g/mol. The smallest absolute Gasteiger partial charge is 0.169 e. The van der Waals surface area contributed by atoms with Crippen molar-refractivity contribution in [2.24, 2.45) is 5.92 Å². The molecule has 0 N–H and O–H groups in total. The Labute approximate surface area is 102 Å². The summed E-state index contributed by atoms with van der Waals surface area (Å²) in [6.07, 6.45) is 2.43. The van der Waals surface area contributed by atoms with E-state index in [1.807, 2.05) is 13.8 Å². The summed E-state index contributed by atoms with van der Waals surface area (Å²) in [6.45, 7) is 8.04. The molecule has 1 aliphatic rings. The molecule has 1 aromatic heterocycles. The van der Waals surface area contributed by atoms with Crippen LogP contribution >= 0.6 is 0 Å². The highest BCUT2D eigenvalue weighted by atomic mass is 15.3. The standard InChI is InChI=1S/C13H18N4/c1-9-5-4-6-17(8-9)13-12(7-14)10(2)11(3)15-16-13/h9H,4-6,8H2,1-3H3/t9-/m0/s1. The van der Waals surface area contributed by atoms with Crippen molar-refractivity contribution in [3.8, 4) is 6.07 Å². The van der Waals surface area contributed by atoms with E-state index in [0.29, 0.717) is 11.5 Å². The lowest BCUT2D eigenvalue weighted by Crippen LogP contribution is -2.35. The second kappa shape index (κ2) is 4.70. The second-order valence-electron chi connectivity index (χ2n) is 4.91. The van der Waals surface area contributed by atoms with Gasteiger partial charge in [0.1, 0.15) is 11.6 Å². The predicted octanol–water partition coefficient (Wildman–Crippen LogP) is 2.20. The van der Waals surface area contributed by atoms with Crippen molar-refractivity contribution in [1.29, 1.82) is 5.26 Å². The Balaban J connectivity index is 2.38. The fourth-order valence-corrected chi connectivity index (χ4v) is 2.33. The van der Waals surface area contributed by atoms with E-state index in [9.17, 15) is 5.26 Å². The first-order chi connectivity index (χ1) is 8.13. The van der Waals surface area contributed by atoms with Gasteiger partial charge in [-0.15, -0.1) is 5.10 Å². The maximum absolute atomic E-state index is 9.28. The van der Waals surface area contributed by atoms with Gasteiger partial charge in [0.25, 0.3) is 0 Å². The quantitative estimate of drug-likeness (QED) is 0.742. The molecule has 2 heterocycles. The molecule has 0 bridgehead atoms. The van der Waals surface area contributed by atoms with Crippen LogP contribution < -0.4 is 4.90 Å². The third-order valence-corrected chi connectivity index (χ3v) is 3.50. The second-order valence-corrected chi connectivity index (χ2v) is 4.91. The molecular formula is C13H18N4. The van der Waals surface area contributed by atoms with Crippen LogP contribution in [0.4, 0.5) is 5.82 Å². The van der Waals surface area contributed by atoms with Crippen LogP contribution in [-0.4, -0.2) is 23.3 Å². The van der Waals surface area contributed by atoms with E-state index >= 15 is 0 Å². The maximum Gasteiger partial charge on any atom is 0.169 e. The van der Waals surface area contributed by atoms with Crippen molar-refractivity contribution in [3.63, 3.8) is 0 Å². The van der Waals surface area contributed by atoms with Crippen LogP contribution in [0.3, 0.4) is 0 Å². The van der Waals surface area contributed by atoms with Gasteiger partial charge in [-0.05, 0) is 38.2 Å². The molecule has 0 radical (unpaired) electrons. The van der Waals surface area contributed by atoms with Crippen LogP contribution in [0.15, 0.2) is 0 Å². The zero-order valence-corrected chi connectivity index (χ0v) is 10.7. The average Bonchev–Trinajstić information content (AvgIpc) is 2.32. The molecule has 4 heteroatoms.